The van der Waals surface area contributed by atoms with Crippen LogP contribution < -0.4 is 5.73 Å². The molecule has 1 atom stereocenters. The highest BCUT2D eigenvalue weighted by Gasteiger charge is 2.43. The number of aromatic nitrogens is 2. The molecule has 0 aliphatic heterocycles. The maximum Gasteiger partial charge on any atom is 0.0852 e. The molecular formula is C13H23N3O. The number of aryl methyl sites for hydroxylation is 2. The van der Waals surface area contributed by atoms with E-state index in [1.165, 1.54) is 0 Å². The lowest BCUT2D eigenvalue weighted by Crippen LogP contribution is -2.42. The van der Waals surface area contributed by atoms with E-state index in [0.717, 1.165) is 37.2 Å². The van der Waals surface area contributed by atoms with Crippen molar-refractivity contribution in [3.05, 3.63) is 17.5 Å². The molecule has 1 heterocycles. The third-order valence-electron chi connectivity index (χ3n) is 3.75. The second kappa shape index (κ2) is 4.78. The lowest BCUT2D eigenvalue weighted by molar-refractivity contribution is 0.0248. The minimum atomic E-state index is -0.724. The molecule has 1 aliphatic carbocycles. The van der Waals surface area contributed by atoms with E-state index in [-0.39, 0.29) is 0 Å². The van der Waals surface area contributed by atoms with E-state index in [1.54, 1.807) is 0 Å². The van der Waals surface area contributed by atoms with Crippen LogP contribution in [0.25, 0.3) is 0 Å². The number of nitrogens with zero attached hydrogens (tertiary/aromatic N) is 2. The zero-order valence-electron chi connectivity index (χ0n) is 10.8. The van der Waals surface area contributed by atoms with Crippen molar-refractivity contribution in [2.45, 2.75) is 51.7 Å². The van der Waals surface area contributed by atoms with Gasteiger partial charge in [-0.3, -0.25) is 4.68 Å². The number of nitrogens with two attached hydrogens (primary N) is 1. The molecule has 0 spiro atoms. The summed E-state index contributed by atoms with van der Waals surface area (Å²) in [6, 6.07) is 2.10. The van der Waals surface area contributed by atoms with E-state index in [1.807, 2.05) is 4.68 Å². The van der Waals surface area contributed by atoms with Gasteiger partial charge in [0.15, 0.2) is 0 Å². The molecule has 4 heteroatoms. The first kappa shape index (κ1) is 12.6. The Morgan fingerprint density at radius 3 is 2.71 bits per heavy atom. The van der Waals surface area contributed by atoms with Crippen molar-refractivity contribution in [2.75, 3.05) is 6.54 Å². The van der Waals surface area contributed by atoms with Gasteiger partial charge in [-0.15, -0.1) is 0 Å². The fraction of sp³-hybridized carbons (Fsp3) is 0.769. The number of aliphatic hydroxyl groups is 1. The van der Waals surface area contributed by atoms with Gasteiger partial charge in [0.1, 0.15) is 0 Å². The van der Waals surface area contributed by atoms with E-state index < -0.39 is 5.60 Å². The first-order valence-corrected chi connectivity index (χ1v) is 6.61. The molecule has 1 aromatic rings. The molecular weight excluding hydrogens is 214 g/mol. The van der Waals surface area contributed by atoms with Crippen molar-refractivity contribution in [3.63, 3.8) is 0 Å². The Balaban J connectivity index is 2.18. The fourth-order valence-corrected chi connectivity index (χ4v) is 2.42. The standard InChI is InChI=1S/C13H23N3O/c1-3-11-7-12(16(4-2)15-11)8-13(17,9-14)10-5-6-10/h7,10,17H,3-6,8-9,14H2,1-2H3. The minimum absolute atomic E-state index is 0.341. The lowest BCUT2D eigenvalue weighted by Gasteiger charge is -2.26. The molecule has 0 radical (unpaired) electrons. The summed E-state index contributed by atoms with van der Waals surface area (Å²) in [4.78, 5) is 0. The summed E-state index contributed by atoms with van der Waals surface area (Å²) in [5.74, 6) is 0.387. The summed E-state index contributed by atoms with van der Waals surface area (Å²) < 4.78 is 1.99. The molecule has 0 saturated heterocycles. The van der Waals surface area contributed by atoms with Crippen molar-refractivity contribution in [1.29, 1.82) is 0 Å². The van der Waals surface area contributed by atoms with Crippen molar-refractivity contribution >= 4 is 0 Å². The van der Waals surface area contributed by atoms with E-state index in [0.29, 0.717) is 18.9 Å². The van der Waals surface area contributed by atoms with Gasteiger partial charge in [-0.1, -0.05) is 6.92 Å². The smallest absolute Gasteiger partial charge is 0.0852 e. The molecule has 4 nitrogen and oxygen atoms in total. The molecule has 1 saturated carbocycles. The van der Waals surface area contributed by atoms with E-state index in [9.17, 15) is 5.11 Å². The van der Waals surface area contributed by atoms with Crippen LogP contribution in [0.3, 0.4) is 0 Å². The minimum Gasteiger partial charge on any atom is -0.388 e. The molecule has 0 amide bonds. The van der Waals surface area contributed by atoms with Crippen LogP contribution in [-0.2, 0) is 19.4 Å². The van der Waals surface area contributed by atoms with E-state index >= 15 is 0 Å². The van der Waals surface area contributed by atoms with E-state index in [2.05, 4.69) is 25.0 Å². The highest BCUT2D eigenvalue weighted by molar-refractivity contribution is 5.15. The maximum absolute atomic E-state index is 10.5. The molecule has 0 bridgehead atoms. The molecule has 96 valence electrons. The Morgan fingerprint density at radius 2 is 2.24 bits per heavy atom. The number of rotatable bonds is 6. The maximum atomic E-state index is 10.5. The highest BCUT2D eigenvalue weighted by atomic mass is 16.3. The normalized spacial score (nSPS) is 19.3. The zero-order valence-corrected chi connectivity index (χ0v) is 10.8. The van der Waals surface area contributed by atoms with Crippen molar-refractivity contribution in [2.24, 2.45) is 11.7 Å². The summed E-state index contributed by atoms with van der Waals surface area (Å²) in [5, 5.41) is 15.1. The second-order valence-corrected chi connectivity index (χ2v) is 5.06. The SMILES string of the molecule is CCc1cc(CC(O)(CN)C2CC2)n(CC)n1. The van der Waals surface area contributed by atoms with Gasteiger partial charge >= 0.3 is 0 Å². The predicted molar refractivity (Wildman–Crippen MR) is 67.7 cm³/mol. The van der Waals surface area contributed by atoms with Crippen LogP contribution in [0.2, 0.25) is 0 Å². The van der Waals surface area contributed by atoms with Crippen molar-refractivity contribution < 1.29 is 5.11 Å². The van der Waals surface area contributed by atoms with Crippen LogP contribution in [0.4, 0.5) is 0 Å². The van der Waals surface area contributed by atoms with Gasteiger partial charge in [0.05, 0.1) is 11.3 Å². The highest BCUT2D eigenvalue weighted by Crippen LogP contribution is 2.41. The molecule has 3 N–H and O–H groups in total. The van der Waals surface area contributed by atoms with E-state index in [4.69, 9.17) is 5.73 Å². The summed E-state index contributed by atoms with van der Waals surface area (Å²) in [6.45, 7) is 5.37. The summed E-state index contributed by atoms with van der Waals surface area (Å²) >= 11 is 0. The Labute approximate surface area is 103 Å². The van der Waals surface area contributed by atoms with Crippen LogP contribution in [0.1, 0.15) is 38.1 Å². The van der Waals surface area contributed by atoms with Crippen LogP contribution in [0, 0.1) is 5.92 Å². The van der Waals surface area contributed by atoms with Gasteiger partial charge in [0.25, 0.3) is 0 Å². The summed E-state index contributed by atoms with van der Waals surface area (Å²) in [6.07, 6.45) is 3.78. The molecule has 2 rings (SSSR count). The Kier molecular flexibility index (Phi) is 3.54. The van der Waals surface area contributed by atoms with Crippen molar-refractivity contribution in [3.8, 4) is 0 Å². The first-order valence-electron chi connectivity index (χ1n) is 6.61. The largest absolute Gasteiger partial charge is 0.388 e. The first-order chi connectivity index (χ1) is 8.12. The van der Waals surface area contributed by atoms with Crippen LogP contribution in [0.15, 0.2) is 6.07 Å². The second-order valence-electron chi connectivity index (χ2n) is 5.06. The molecule has 1 fully saturated rings. The Bertz CT molecular complexity index is 384. The zero-order chi connectivity index (χ0) is 12.5. The van der Waals surface area contributed by atoms with Gasteiger partial charge in [-0.25, -0.2) is 0 Å². The molecule has 1 aromatic heterocycles. The van der Waals surface area contributed by atoms with Crippen LogP contribution >= 0.6 is 0 Å². The van der Waals surface area contributed by atoms with Gasteiger partial charge in [0.2, 0.25) is 0 Å². The predicted octanol–water partition coefficient (Wildman–Crippen LogP) is 1.11. The lowest BCUT2D eigenvalue weighted by atomic mass is 9.92. The van der Waals surface area contributed by atoms with Gasteiger partial charge in [-0.05, 0) is 38.2 Å². The van der Waals surface area contributed by atoms with Gasteiger partial charge in [0, 0.05) is 25.2 Å². The summed E-state index contributed by atoms with van der Waals surface area (Å²) in [7, 11) is 0. The Hall–Kier alpha value is -0.870. The van der Waals surface area contributed by atoms with Gasteiger partial charge in [-0.2, -0.15) is 5.10 Å². The number of hydrogen-bond acceptors (Lipinski definition) is 3. The molecule has 17 heavy (non-hydrogen) atoms. The van der Waals surface area contributed by atoms with Gasteiger partial charge < -0.3 is 10.8 Å². The van der Waals surface area contributed by atoms with Crippen LogP contribution in [-0.4, -0.2) is 27.0 Å². The fourth-order valence-electron chi connectivity index (χ4n) is 2.42. The third-order valence-corrected chi connectivity index (χ3v) is 3.75. The van der Waals surface area contributed by atoms with Crippen molar-refractivity contribution in [1.82, 2.24) is 9.78 Å². The third kappa shape index (κ3) is 2.53. The molecule has 0 aromatic carbocycles. The van der Waals surface area contributed by atoms with Crippen LogP contribution in [0.5, 0.6) is 0 Å². The number of hydrogen-bond donors (Lipinski definition) is 2. The topological polar surface area (TPSA) is 64.1 Å². The quantitative estimate of drug-likeness (QED) is 0.779. The Morgan fingerprint density at radius 1 is 1.53 bits per heavy atom. The summed E-state index contributed by atoms with van der Waals surface area (Å²) in [5.41, 5.74) is 7.23. The average Bonchev–Trinajstić information content (AvgIpc) is 3.12. The molecule has 1 aliphatic rings. The average molecular weight is 237 g/mol. The monoisotopic (exact) mass is 237 g/mol. The molecule has 1 unspecified atom stereocenters.